The highest BCUT2D eigenvalue weighted by Crippen LogP contribution is 2.48. The third-order valence-electron chi connectivity index (χ3n) is 5.64. The van der Waals surface area contributed by atoms with Gasteiger partial charge in [-0.25, -0.2) is 23.9 Å². The maximum Gasteiger partial charge on any atom is 0.459 e. The number of esters is 1. The minimum Gasteiger partial charge on any atom is -0.468 e. The standard InChI is InChI=1S/C21H26FN6O7P/c1-12(19(30)32-3)27-36(31,35-13-7-5-4-6-8-13)33-9-14-16(29)21(2,22)20(34-14)28-11-26-15-17(23)24-10-25-18(15)28/h4-8,10-12,14,16,20,29H,9H2,1-3H3,(H,27,31)(H2,23,24,25)/t12-,14+,16+,20+,21+,36?/m0/s1. The lowest BCUT2D eigenvalue weighted by Crippen LogP contribution is -2.41. The first kappa shape index (κ1) is 25.9. The van der Waals surface area contributed by atoms with Crippen LogP contribution < -0.4 is 15.3 Å². The summed E-state index contributed by atoms with van der Waals surface area (Å²) >= 11 is 0. The van der Waals surface area contributed by atoms with Crippen LogP contribution in [-0.2, 0) is 23.4 Å². The Balaban J connectivity index is 1.55. The van der Waals surface area contributed by atoms with Gasteiger partial charge in [0.2, 0.25) is 0 Å². The second-order valence-electron chi connectivity index (χ2n) is 8.28. The number of ether oxygens (including phenoxy) is 2. The molecule has 0 saturated carbocycles. The number of methoxy groups -OCH3 is 1. The molecule has 2 aromatic heterocycles. The van der Waals surface area contributed by atoms with Gasteiger partial charge in [0.25, 0.3) is 0 Å². The van der Waals surface area contributed by atoms with Gasteiger partial charge in [0.15, 0.2) is 23.4 Å². The number of alkyl halides is 1. The van der Waals surface area contributed by atoms with Crippen molar-refractivity contribution in [1.29, 1.82) is 0 Å². The van der Waals surface area contributed by atoms with Crippen molar-refractivity contribution in [1.82, 2.24) is 24.6 Å². The molecule has 0 bridgehead atoms. The van der Waals surface area contributed by atoms with E-state index in [-0.39, 0.29) is 22.7 Å². The zero-order chi connectivity index (χ0) is 26.1. The molecule has 3 heterocycles. The summed E-state index contributed by atoms with van der Waals surface area (Å²) in [5.74, 6) is -0.423. The van der Waals surface area contributed by atoms with Crippen molar-refractivity contribution in [3.05, 3.63) is 43.0 Å². The number of fused-ring (bicyclic) bond motifs is 1. The van der Waals surface area contributed by atoms with Gasteiger partial charge < -0.3 is 24.8 Å². The van der Waals surface area contributed by atoms with Gasteiger partial charge >= 0.3 is 13.7 Å². The molecule has 4 N–H and O–H groups in total. The van der Waals surface area contributed by atoms with Crippen LogP contribution in [0.1, 0.15) is 20.1 Å². The summed E-state index contributed by atoms with van der Waals surface area (Å²) in [6.07, 6.45) is -1.86. The van der Waals surface area contributed by atoms with Gasteiger partial charge in [0, 0.05) is 0 Å². The van der Waals surface area contributed by atoms with Gasteiger partial charge in [-0.2, -0.15) is 5.09 Å². The molecule has 36 heavy (non-hydrogen) atoms. The highest BCUT2D eigenvalue weighted by atomic mass is 31.2. The quantitative estimate of drug-likeness (QED) is 0.274. The van der Waals surface area contributed by atoms with Gasteiger partial charge in [-0.15, -0.1) is 0 Å². The lowest BCUT2D eigenvalue weighted by Gasteiger charge is -2.25. The summed E-state index contributed by atoms with van der Waals surface area (Å²) in [7, 11) is -3.06. The van der Waals surface area contributed by atoms with E-state index < -0.39 is 50.5 Å². The fraction of sp³-hybridized carbons (Fsp3) is 0.429. The Kier molecular flexibility index (Phi) is 7.25. The lowest BCUT2D eigenvalue weighted by molar-refractivity contribution is -0.142. The Morgan fingerprint density at radius 3 is 2.78 bits per heavy atom. The van der Waals surface area contributed by atoms with Crippen LogP contribution in [0.25, 0.3) is 11.2 Å². The monoisotopic (exact) mass is 524 g/mol. The van der Waals surface area contributed by atoms with Gasteiger partial charge in [-0.3, -0.25) is 13.9 Å². The number of aromatic nitrogens is 4. The molecule has 1 aliphatic heterocycles. The first-order chi connectivity index (χ1) is 17.1. The van der Waals surface area contributed by atoms with Crippen LogP contribution in [0.4, 0.5) is 10.2 Å². The lowest BCUT2D eigenvalue weighted by atomic mass is 9.98. The van der Waals surface area contributed by atoms with Crippen molar-refractivity contribution in [2.45, 2.75) is 44.0 Å². The molecule has 3 aromatic rings. The number of carbonyl (C=O) groups is 1. The van der Waals surface area contributed by atoms with Gasteiger partial charge in [0.05, 0.1) is 20.0 Å². The molecule has 0 radical (unpaired) electrons. The van der Waals surface area contributed by atoms with Crippen molar-refractivity contribution < 1.29 is 37.4 Å². The van der Waals surface area contributed by atoms with E-state index in [0.717, 1.165) is 6.92 Å². The number of carbonyl (C=O) groups excluding carboxylic acids is 1. The fourth-order valence-electron chi connectivity index (χ4n) is 3.74. The van der Waals surface area contributed by atoms with Crippen molar-refractivity contribution in [3.63, 3.8) is 0 Å². The molecule has 0 spiro atoms. The number of imidazole rings is 1. The molecule has 1 unspecified atom stereocenters. The highest BCUT2D eigenvalue weighted by molar-refractivity contribution is 7.52. The van der Waals surface area contributed by atoms with Gasteiger partial charge in [0.1, 0.15) is 35.8 Å². The molecule has 1 aromatic carbocycles. The molecule has 6 atom stereocenters. The molecule has 15 heteroatoms. The SMILES string of the molecule is COC(=O)[C@H](C)NP(=O)(OC[C@H]1O[C@@H](n2cnc3c(N)ncnc32)[C@](C)(F)[C@@H]1O)Oc1ccccc1. The summed E-state index contributed by atoms with van der Waals surface area (Å²) in [5.41, 5.74) is 3.93. The number of rotatable bonds is 9. The minimum atomic E-state index is -4.23. The van der Waals surface area contributed by atoms with Crippen molar-refractivity contribution >= 4 is 30.7 Å². The number of nitrogen functional groups attached to an aromatic ring is 1. The molecule has 194 valence electrons. The molecule has 1 aliphatic rings. The van der Waals surface area contributed by atoms with E-state index in [1.165, 1.54) is 43.4 Å². The first-order valence-electron chi connectivity index (χ1n) is 10.9. The van der Waals surface area contributed by atoms with E-state index in [2.05, 4.69) is 24.8 Å². The molecule has 1 saturated heterocycles. The van der Waals surface area contributed by atoms with Gasteiger partial charge in [-0.1, -0.05) is 18.2 Å². The number of halogens is 1. The van der Waals surface area contributed by atoms with Crippen LogP contribution in [-0.4, -0.2) is 68.2 Å². The number of hydrogen-bond donors (Lipinski definition) is 3. The molecule has 4 rings (SSSR count). The number of para-hydroxylation sites is 1. The van der Waals surface area contributed by atoms with E-state index in [1.54, 1.807) is 18.2 Å². The van der Waals surface area contributed by atoms with Crippen LogP contribution in [0.2, 0.25) is 0 Å². The van der Waals surface area contributed by atoms with Gasteiger partial charge in [-0.05, 0) is 26.0 Å². The average molecular weight is 524 g/mol. The van der Waals surface area contributed by atoms with Crippen LogP contribution in [0, 0.1) is 0 Å². The number of nitrogens with one attached hydrogen (secondary N) is 1. The minimum absolute atomic E-state index is 0.0996. The molecule has 0 amide bonds. The Morgan fingerprint density at radius 2 is 2.08 bits per heavy atom. The first-order valence-corrected chi connectivity index (χ1v) is 12.4. The predicted molar refractivity (Wildman–Crippen MR) is 124 cm³/mol. The largest absolute Gasteiger partial charge is 0.468 e. The number of hydrogen-bond acceptors (Lipinski definition) is 11. The molecule has 1 fully saturated rings. The van der Waals surface area contributed by atoms with E-state index in [0.29, 0.717) is 0 Å². The van der Waals surface area contributed by atoms with Crippen molar-refractivity contribution in [2.24, 2.45) is 0 Å². The van der Waals surface area contributed by atoms with Crippen molar-refractivity contribution in [2.75, 3.05) is 19.5 Å². The second kappa shape index (κ2) is 10.1. The number of aliphatic hydroxyl groups is 1. The fourth-order valence-corrected chi connectivity index (χ4v) is 5.24. The zero-order valence-corrected chi connectivity index (χ0v) is 20.5. The molecular weight excluding hydrogens is 498 g/mol. The normalized spacial score (nSPS) is 26.4. The second-order valence-corrected chi connectivity index (χ2v) is 9.97. The van der Waals surface area contributed by atoms with Crippen LogP contribution in [0.5, 0.6) is 5.75 Å². The predicted octanol–water partition coefficient (Wildman–Crippen LogP) is 1.75. The maximum absolute atomic E-state index is 15.7. The summed E-state index contributed by atoms with van der Waals surface area (Å²) in [6, 6.07) is 7.03. The van der Waals surface area contributed by atoms with Crippen LogP contribution >= 0.6 is 7.75 Å². The Labute approximate surface area is 205 Å². The molecule has 0 aliphatic carbocycles. The smallest absolute Gasteiger partial charge is 0.459 e. The Bertz CT molecular complexity index is 1280. The summed E-state index contributed by atoms with van der Waals surface area (Å²) in [5, 5.41) is 13.2. The van der Waals surface area contributed by atoms with Crippen molar-refractivity contribution in [3.8, 4) is 5.75 Å². The number of aliphatic hydroxyl groups excluding tert-OH is 1. The third-order valence-corrected chi connectivity index (χ3v) is 7.28. The topological polar surface area (TPSA) is 173 Å². The summed E-state index contributed by atoms with van der Waals surface area (Å²) in [4.78, 5) is 23.9. The zero-order valence-electron chi connectivity index (χ0n) is 19.6. The van der Waals surface area contributed by atoms with E-state index in [9.17, 15) is 14.5 Å². The highest BCUT2D eigenvalue weighted by Gasteiger charge is 2.56. The van der Waals surface area contributed by atoms with E-state index in [4.69, 9.17) is 19.5 Å². The van der Waals surface area contributed by atoms with Crippen LogP contribution in [0.3, 0.4) is 0 Å². The average Bonchev–Trinajstić information content (AvgIpc) is 3.37. The van der Waals surface area contributed by atoms with Crippen LogP contribution in [0.15, 0.2) is 43.0 Å². The number of benzene rings is 1. The number of anilines is 1. The number of nitrogens with zero attached hydrogens (tertiary/aromatic N) is 4. The number of nitrogens with two attached hydrogens (primary N) is 1. The summed E-state index contributed by atoms with van der Waals surface area (Å²) in [6.45, 7) is 2.01. The Hall–Kier alpha value is -3.16. The van der Waals surface area contributed by atoms with E-state index in [1.807, 2.05) is 0 Å². The molecule has 13 nitrogen and oxygen atoms in total. The Morgan fingerprint density at radius 1 is 1.36 bits per heavy atom. The summed E-state index contributed by atoms with van der Waals surface area (Å²) < 4.78 is 52.0. The third kappa shape index (κ3) is 5.04. The molecular formula is C21H26FN6O7P. The van der Waals surface area contributed by atoms with E-state index >= 15 is 4.39 Å². The maximum atomic E-state index is 15.7.